The number of nitrogens with zero attached hydrogens (tertiary/aromatic N) is 1. The van der Waals surface area contributed by atoms with Crippen molar-refractivity contribution in [2.24, 2.45) is 0 Å². The van der Waals surface area contributed by atoms with E-state index in [-0.39, 0.29) is 29.7 Å². The second kappa shape index (κ2) is 4.25. The molecule has 1 N–H and O–H groups in total. The van der Waals surface area contributed by atoms with E-state index in [4.69, 9.17) is 4.74 Å². The van der Waals surface area contributed by atoms with Crippen molar-refractivity contribution in [3.05, 3.63) is 0 Å². The van der Waals surface area contributed by atoms with Gasteiger partial charge in [-0.2, -0.15) is 0 Å². The van der Waals surface area contributed by atoms with E-state index in [1.165, 1.54) is 0 Å². The summed E-state index contributed by atoms with van der Waals surface area (Å²) < 4.78 is 28.3. The first kappa shape index (κ1) is 12.3. The second-order valence-corrected chi connectivity index (χ2v) is 6.96. The lowest BCUT2D eigenvalue weighted by molar-refractivity contribution is 0.0367. The first-order valence-electron chi connectivity index (χ1n) is 5.63. The molecule has 4 atom stereocenters. The molecular weight excluding hydrogens is 230 g/mol. The molecule has 2 aliphatic rings. The van der Waals surface area contributed by atoms with Gasteiger partial charge < -0.3 is 9.84 Å². The summed E-state index contributed by atoms with van der Waals surface area (Å²) in [6.45, 7) is 2.70. The summed E-state index contributed by atoms with van der Waals surface area (Å²) in [5, 5.41) is 9.78. The van der Waals surface area contributed by atoms with Crippen LogP contribution in [0.25, 0.3) is 0 Å². The molecule has 2 fully saturated rings. The normalized spacial score (nSPS) is 43.0. The number of aliphatic hydroxyl groups is 1. The van der Waals surface area contributed by atoms with Crippen molar-refractivity contribution in [3.8, 4) is 0 Å². The van der Waals surface area contributed by atoms with Gasteiger partial charge in [-0.05, 0) is 20.4 Å². The third-order valence-corrected chi connectivity index (χ3v) is 5.37. The van der Waals surface area contributed by atoms with Crippen LogP contribution in [-0.2, 0) is 14.6 Å². The van der Waals surface area contributed by atoms with Crippen molar-refractivity contribution in [1.29, 1.82) is 0 Å². The van der Waals surface area contributed by atoms with E-state index >= 15 is 0 Å². The number of likely N-dealkylation sites (N-methyl/N-ethyl adjacent to an activating group) is 1. The van der Waals surface area contributed by atoms with Crippen LogP contribution in [0.1, 0.15) is 13.3 Å². The number of sulfone groups is 1. The molecule has 0 saturated carbocycles. The summed E-state index contributed by atoms with van der Waals surface area (Å²) in [5.74, 6) is -0.0438. The second-order valence-electron chi connectivity index (χ2n) is 4.81. The maximum absolute atomic E-state index is 11.4. The van der Waals surface area contributed by atoms with Gasteiger partial charge in [0.1, 0.15) is 0 Å². The molecule has 2 aliphatic heterocycles. The summed E-state index contributed by atoms with van der Waals surface area (Å²) in [6, 6.07) is -0.0629. The Labute approximate surface area is 96.3 Å². The summed E-state index contributed by atoms with van der Waals surface area (Å²) >= 11 is 0. The topological polar surface area (TPSA) is 66.8 Å². The van der Waals surface area contributed by atoms with Crippen LogP contribution in [0.4, 0.5) is 0 Å². The van der Waals surface area contributed by atoms with Crippen LogP contribution in [-0.4, -0.2) is 67.9 Å². The molecule has 0 aromatic rings. The van der Waals surface area contributed by atoms with E-state index in [0.717, 1.165) is 6.42 Å². The molecular formula is C10H19NO4S. The summed E-state index contributed by atoms with van der Waals surface area (Å²) in [4.78, 5) is 1.98. The third-order valence-electron chi connectivity index (χ3n) is 3.68. The van der Waals surface area contributed by atoms with E-state index in [0.29, 0.717) is 6.61 Å². The van der Waals surface area contributed by atoms with Crippen LogP contribution in [0, 0.1) is 0 Å². The number of aliphatic hydroxyl groups excluding tert-OH is 1. The van der Waals surface area contributed by atoms with Crippen molar-refractivity contribution < 1.29 is 18.3 Å². The van der Waals surface area contributed by atoms with Gasteiger partial charge in [-0.15, -0.1) is 0 Å². The van der Waals surface area contributed by atoms with E-state index in [1.54, 1.807) is 0 Å². The molecule has 2 saturated heterocycles. The van der Waals surface area contributed by atoms with E-state index in [9.17, 15) is 13.5 Å². The molecule has 0 radical (unpaired) electrons. The molecule has 2 rings (SSSR count). The predicted molar refractivity (Wildman–Crippen MR) is 60.0 cm³/mol. The maximum Gasteiger partial charge on any atom is 0.154 e. The highest BCUT2D eigenvalue weighted by molar-refractivity contribution is 7.91. The summed E-state index contributed by atoms with van der Waals surface area (Å²) in [5.41, 5.74) is 0. The van der Waals surface area contributed by atoms with Gasteiger partial charge in [-0.1, -0.05) is 0 Å². The van der Waals surface area contributed by atoms with Crippen LogP contribution < -0.4 is 0 Å². The molecule has 0 aromatic carbocycles. The first-order chi connectivity index (χ1) is 7.41. The fourth-order valence-corrected chi connectivity index (χ4v) is 4.56. The van der Waals surface area contributed by atoms with E-state index < -0.39 is 15.9 Å². The number of ether oxygens (including phenoxy) is 1. The Balaban J connectivity index is 2.07. The Morgan fingerprint density at radius 3 is 2.44 bits per heavy atom. The van der Waals surface area contributed by atoms with Gasteiger partial charge in [0.2, 0.25) is 0 Å². The first-order valence-corrected chi connectivity index (χ1v) is 7.45. The molecule has 2 heterocycles. The highest BCUT2D eigenvalue weighted by Gasteiger charge is 2.42. The van der Waals surface area contributed by atoms with Crippen molar-refractivity contribution in [2.75, 3.05) is 25.2 Å². The Morgan fingerprint density at radius 1 is 1.31 bits per heavy atom. The molecule has 16 heavy (non-hydrogen) atoms. The molecule has 4 unspecified atom stereocenters. The zero-order chi connectivity index (χ0) is 11.9. The third kappa shape index (κ3) is 2.25. The average Bonchev–Trinajstić information content (AvgIpc) is 2.69. The number of rotatable bonds is 2. The van der Waals surface area contributed by atoms with Gasteiger partial charge in [-0.25, -0.2) is 8.42 Å². The Hall–Kier alpha value is -0.170. The predicted octanol–water partition coefficient (Wildman–Crippen LogP) is -0.746. The monoisotopic (exact) mass is 249 g/mol. The van der Waals surface area contributed by atoms with Crippen LogP contribution >= 0.6 is 0 Å². The maximum atomic E-state index is 11.4. The summed E-state index contributed by atoms with van der Waals surface area (Å²) in [7, 11) is -1.19. The lowest BCUT2D eigenvalue weighted by Crippen LogP contribution is -2.48. The van der Waals surface area contributed by atoms with Gasteiger partial charge in [0.05, 0.1) is 29.8 Å². The van der Waals surface area contributed by atoms with Gasteiger partial charge in [0, 0.05) is 12.6 Å². The van der Waals surface area contributed by atoms with Gasteiger partial charge >= 0.3 is 0 Å². The Kier molecular flexibility index (Phi) is 3.27. The van der Waals surface area contributed by atoms with Crippen LogP contribution in [0.3, 0.4) is 0 Å². The van der Waals surface area contributed by atoms with Crippen LogP contribution in [0.2, 0.25) is 0 Å². The van der Waals surface area contributed by atoms with Crippen LogP contribution in [0.15, 0.2) is 0 Å². The Morgan fingerprint density at radius 2 is 2.00 bits per heavy atom. The fourth-order valence-electron chi connectivity index (χ4n) is 2.70. The molecule has 6 heteroatoms. The highest BCUT2D eigenvalue weighted by Crippen LogP contribution is 2.25. The van der Waals surface area contributed by atoms with Gasteiger partial charge in [0.25, 0.3) is 0 Å². The minimum Gasteiger partial charge on any atom is -0.390 e. The fraction of sp³-hybridized carbons (Fsp3) is 1.00. The lowest BCUT2D eigenvalue weighted by atomic mass is 10.1. The average molecular weight is 249 g/mol. The highest BCUT2D eigenvalue weighted by atomic mass is 32.2. The van der Waals surface area contributed by atoms with Crippen molar-refractivity contribution in [3.63, 3.8) is 0 Å². The smallest absolute Gasteiger partial charge is 0.154 e. The standard InChI is InChI=1S/C10H19NO4S/c1-7-8(3-4-15-7)11(2)9-5-16(13,14)6-10(9)12/h7-10,12H,3-6H2,1-2H3. The number of hydrogen-bond acceptors (Lipinski definition) is 5. The van der Waals surface area contributed by atoms with Crippen molar-refractivity contribution in [2.45, 2.75) is 37.6 Å². The molecule has 0 spiro atoms. The van der Waals surface area contributed by atoms with Crippen molar-refractivity contribution >= 4 is 9.84 Å². The molecule has 94 valence electrons. The van der Waals surface area contributed by atoms with Gasteiger partial charge in [0.15, 0.2) is 9.84 Å². The molecule has 0 aliphatic carbocycles. The minimum atomic E-state index is -3.07. The van der Waals surface area contributed by atoms with E-state index in [2.05, 4.69) is 0 Å². The minimum absolute atomic E-state index is 0.0634. The summed E-state index contributed by atoms with van der Waals surface area (Å²) in [6.07, 6.45) is 0.254. The SMILES string of the molecule is CC1OCCC1N(C)C1CS(=O)(=O)CC1O. The molecule has 0 aromatic heterocycles. The van der Waals surface area contributed by atoms with Gasteiger partial charge in [-0.3, -0.25) is 4.90 Å². The van der Waals surface area contributed by atoms with Crippen molar-refractivity contribution in [1.82, 2.24) is 4.90 Å². The quantitative estimate of drug-likeness (QED) is 0.698. The largest absolute Gasteiger partial charge is 0.390 e. The molecule has 0 amide bonds. The van der Waals surface area contributed by atoms with E-state index in [1.807, 2.05) is 18.9 Å². The van der Waals surface area contributed by atoms with Crippen LogP contribution in [0.5, 0.6) is 0 Å². The number of hydrogen-bond donors (Lipinski definition) is 1. The lowest BCUT2D eigenvalue weighted by Gasteiger charge is -2.32. The molecule has 0 bridgehead atoms. The Bertz CT molecular complexity index is 356. The zero-order valence-corrected chi connectivity index (χ0v) is 10.5. The molecule has 5 nitrogen and oxygen atoms in total. The zero-order valence-electron chi connectivity index (χ0n) is 9.67.